The highest BCUT2D eigenvalue weighted by Gasteiger charge is 2.02. The first-order valence-electron chi connectivity index (χ1n) is 4.61. The minimum absolute atomic E-state index is 0.0616. The summed E-state index contributed by atoms with van der Waals surface area (Å²) in [7, 11) is 0. The average molecular weight is 190 g/mol. The number of carbonyl (C=O) groups is 1. The van der Waals surface area contributed by atoms with E-state index in [9.17, 15) is 4.79 Å². The monoisotopic (exact) mass is 190 g/mol. The molecule has 0 aliphatic carbocycles. The van der Waals surface area contributed by atoms with E-state index >= 15 is 0 Å². The molecule has 0 saturated heterocycles. The molecule has 0 saturated carbocycles. The third-order valence-corrected chi connectivity index (χ3v) is 1.85. The first-order valence-corrected chi connectivity index (χ1v) is 4.61. The number of anilines is 1. The molecule has 1 aromatic rings. The quantitative estimate of drug-likeness (QED) is 0.736. The minimum Gasteiger partial charge on any atom is -0.398 e. The van der Waals surface area contributed by atoms with Crippen molar-refractivity contribution in [3.63, 3.8) is 0 Å². The lowest BCUT2D eigenvalue weighted by molar-refractivity contribution is -0.114. The predicted octanol–water partition coefficient (Wildman–Crippen LogP) is 1.74. The Kier molecular flexibility index (Phi) is 3.85. The molecule has 0 radical (unpaired) electrons. The van der Waals surface area contributed by atoms with E-state index in [-0.39, 0.29) is 5.78 Å². The van der Waals surface area contributed by atoms with Gasteiger partial charge < -0.3 is 5.73 Å². The zero-order valence-corrected chi connectivity index (χ0v) is 8.23. The van der Waals surface area contributed by atoms with E-state index in [0.717, 1.165) is 12.0 Å². The maximum Gasteiger partial charge on any atom is 0.159 e. The van der Waals surface area contributed by atoms with Gasteiger partial charge in [0, 0.05) is 30.1 Å². The van der Waals surface area contributed by atoms with E-state index in [1.807, 2.05) is 13.0 Å². The van der Waals surface area contributed by atoms with E-state index in [1.54, 1.807) is 24.5 Å². The maximum absolute atomic E-state index is 11.4. The molecule has 1 rings (SSSR count). The summed E-state index contributed by atoms with van der Waals surface area (Å²) in [5.74, 6) is 0.0616. The number of allylic oxidation sites excluding steroid dienone is 2. The van der Waals surface area contributed by atoms with Crippen LogP contribution in [0, 0.1) is 0 Å². The van der Waals surface area contributed by atoms with Crippen molar-refractivity contribution < 1.29 is 4.79 Å². The fourth-order valence-electron chi connectivity index (χ4n) is 1.08. The molecule has 0 bridgehead atoms. The molecule has 74 valence electrons. The minimum atomic E-state index is 0.0616. The number of pyridine rings is 1. The average Bonchev–Trinajstić information content (AvgIpc) is 2.18. The molecule has 3 heteroatoms. The summed E-state index contributed by atoms with van der Waals surface area (Å²) in [5, 5.41) is 0. The smallest absolute Gasteiger partial charge is 0.159 e. The van der Waals surface area contributed by atoms with E-state index in [0.29, 0.717) is 12.1 Å². The third kappa shape index (κ3) is 3.01. The van der Waals surface area contributed by atoms with Gasteiger partial charge in [-0.05, 0) is 18.6 Å². The molecule has 0 aliphatic rings. The van der Waals surface area contributed by atoms with Gasteiger partial charge in [0.2, 0.25) is 0 Å². The van der Waals surface area contributed by atoms with Gasteiger partial charge in [0.05, 0.1) is 0 Å². The number of nitrogens with zero attached hydrogens (tertiary/aromatic N) is 1. The number of carbonyl (C=O) groups excluding carboxylic acids is 1. The Balaban J connectivity index is 2.65. The summed E-state index contributed by atoms with van der Waals surface area (Å²) in [6.07, 6.45) is 7.88. The zero-order chi connectivity index (χ0) is 10.4. The first-order chi connectivity index (χ1) is 6.74. The topological polar surface area (TPSA) is 56.0 Å². The van der Waals surface area contributed by atoms with Crippen LogP contribution in [0.15, 0.2) is 30.6 Å². The number of nitrogen functional groups attached to an aromatic ring is 1. The molecule has 0 amide bonds. The van der Waals surface area contributed by atoms with Crippen molar-refractivity contribution in [2.75, 3.05) is 5.73 Å². The summed E-state index contributed by atoms with van der Waals surface area (Å²) in [6, 6.07) is 1.70. The lowest BCUT2D eigenvalue weighted by atomic mass is 10.1. The second kappa shape index (κ2) is 5.17. The molecule has 1 aromatic heterocycles. The van der Waals surface area contributed by atoms with Crippen LogP contribution in [-0.4, -0.2) is 10.8 Å². The summed E-state index contributed by atoms with van der Waals surface area (Å²) in [4.78, 5) is 15.3. The maximum atomic E-state index is 11.4. The van der Waals surface area contributed by atoms with Gasteiger partial charge >= 0.3 is 0 Å². The molecule has 0 aromatic carbocycles. The highest BCUT2D eigenvalue weighted by Crippen LogP contribution is 2.09. The van der Waals surface area contributed by atoms with Gasteiger partial charge in [-0.2, -0.15) is 0 Å². The Morgan fingerprint density at radius 1 is 1.64 bits per heavy atom. The fourth-order valence-corrected chi connectivity index (χ4v) is 1.08. The van der Waals surface area contributed by atoms with Gasteiger partial charge in [0.25, 0.3) is 0 Å². The fraction of sp³-hybridized carbons (Fsp3) is 0.273. The van der Waals surface area contributed by atoms with E-state index in [4.69, 9.17) is 5.73 Å². The summed E-state index contributed by atoms with van der Waals surface area (Å²) in [5.41, 5.74) is 7.09. The van der Waals surface area contributed by atoms with Crippen LogP contribution in [0.5, 0.6) is 0 Å². The first kappa shape index (κ1) is 10.4. The Labute approximate surface area is 83.7 Å². The van der Waals surface area contributed by atoms with Gasteiger partial charge in [0.1, 0.15) is 0 Å². The number of aromatic nitrogens is 1. The van der Waals surface area contributed by atoms with E-state index in [2.05, 4.69) is 4.98 Å². The Morgan fingerprint density at radius 3 is 3.07 bits per heavy atom. The van der Waals surface area contributed by atoms with Gasteiger partial charge in [-0.25, -0.2) is 0 Å². The molecule has 14 heavy (non-hydrogen) atoms. The molecule has 3 nitrogen and oxygen atoms in total. The largest absolute Gasteiger partial charge is 0.398 e. The molecule has 0 aliphatic heterocycles. The molecule has 1 heterocycles. The van der Waals surface area contributed by atoms with E-state index < -0.39 is 0 Å². The molecular weight excluding hydrogens is 176 g/mol. The van der Waals surface area contributed by atoms with Crippen molar-refractivity contribution >= 4 is 11.5 Å². The van der Waals surface area contributed by atoms with Crippen LogP contribution in [0.3, 0.4) is 0 Å². The van der Waals surface area contributed by atoms with Crippen LogP contribution in [0.2, 0.25) is 0 Å². The van der Waals surface area contributed by atoms with Crippen molar-refractivity contribution in [1.29, 1.82) is 0 Å². The van der Waals surface area contributed by atoms with Crippen molar-refractivity contribution in [2.45, 2.75) is 19.8 Å². The Morgan fingerprint density at radius 2 is 2.43 bits per heavy atom. The summed E-state index contributed by atoms with van der Waals surface area (Å²) >= 11 is 0. The molecule has 0 atom stereocenters. The zero-order valence-electron chi connectivity index (χ0n) is 8.23. The predicted molar refractivity (Wildman–Crippen MR) is 56.8 cm³/mol. The van der Waals surface area contributed by atoms with Crippen LogP contribution < -0.4 is 5.73 Å². The highest BCUT2D eigenvalue weighted by molar-refractivity contribution is 5.92. The molecule has 0 fully saturated rings. The van der Waals surface area contributed by atoms with Gasteiger partial charge in [0.15, 0.2) is 5.78 Å². The standard InChI is InChI=1S/C11H14N2O/c1-2-3-4-10(14)7-9-8-13-6-5-11(9)12/h3-6,8H,2,7H2,1H3,(H2,12,13)/b4-3+. The van der Waals surface area contributed by atoms with Gasteiger partial charge in [-0.1, -0.05) is 13.0 Å². The van der Waals surface area contributed by atoms with Gasteiger partial charge in [-0.15, -0.1) is 0 Å². The van der Waals surface area contributed by atoms with Crippen LogP contribution in [0.4, 0.5) is 5.69 Å². The number of hydrogen-bond donors (Lipinski definition) is 1. The van der Waals surface area contributed by atoms with E-state index in [1.165, 1.54) is 0 Å². The van der Waals surface area contributed by atoms with Crippen LogP contribution >= 0.6 is 0 Å². The Hall–Kier alpha value is -1.64. The summed E-state index contributed by atoms with van der Waals surface area (Å²) in [6.45, 7) is 1.99. The van der Waals surface area contributed by atoms with Crippen molar-refractivity contribution in [3.8, 4) is 0 Å². The lowest BCUT2D eigenvalue weighted by Gasteiger charge is -2.00. The second-order valence-corrected chi connectivity index (χ2v) is 3.03. The number of hydrogen-bond acceptors (Lipinski definition) is 3. The van der Waals surface area contributed by atoms with Crippen molar-refractivity contribution in [3.05, 3.63) is 36.2 Å². The summed E-state index contributed by atoms with van der Waals surface area (Å²) < 4.78 is 0. The van der Waals surface area contributed by atoms with Crippen LogP contribution in [0.25, 0.3) is 0 Å². The molecule has 0 unspecified atom stereocenters. The lowest BCUT2D eigenvalue weighted by Crippen LogP contribution is -2.02. The SMILES string of the molecule is CC/C=C/C(=O)Cc1cnccc1N. The Bertz CT molecular complexity index is 345. The molecular formula is C11H14N2O. The van der Waals surface area contributed by atoms with Gasteiger partial charge in [-0.3, -0.25) is 9.78 Å². The highest BCUT2D eigenvalue weighted by atomic mass is 16.1. The number of rotatable bonds is 4. The third-order valence-electron chi connectivity index (χ3n) is 1.85. The normalized spacial score (nSPS) is 10.6. The molecule has 0 spiro atoms. The van der Waals surface area contributed by atoms with Crippen molar-refractivity contribution in [1.82, 2.24) is 4.98 Å². The number of nitrogens with two attached hydrogens (primary N) is 1. The number of ketones is 1. The van der Waals surface area contributed by atoms with Crippen LogP contribution in [0.1, 0.15) is 18.9 Å². The molecule has 2 N–H and O–H groups in total. The van der Waals surface area contributed by atoms with Crippen LogP contribution in [-0.2, 0) is 11.2 Å². The van der Waals surface area contributed by atoms with Crippen molar-refractivity contribution in [2.24, 2.45) is 0 Å². The second-order valence-electron chi connectivity index (χ2n) is 3.03.